The van der Waals surface area contributed by atoms with Gasteiger partial charge < -0.3 is 9.47 Å². The number of aryl methyl sites for hydroxylation is 1. The van der Waals surface area contributed by atoms with Crippen molar-refractivity contribution >= 4 is 0 Å². The van der Waals surface area contributed by atoms with Crippen LogP contribution in [0.15, 0.2) is 66.7 Å². The van der Waals surface area contributed by atoms with Crippen LogP contribution in [0.25, 0.3) is 0 Å². The molecular formula is C21H19NO3. The highest BCUT2D eigenvalue weighted by Crippen LogP contribution is 2.45. The van der Waals surface area contributed by atoms with Gasteiger partial charge in [-0.15, -0.1) is 0 Å². The van der Waals surface area contributed by atoms with Gasteiger partial charge in [0.15, 0.2) is 0 Å². The summed E-state index contributed by atoms with van der Waals surface area (Å²) in [6, 6.07) is 21.8. The van der Waals surface area contributed by atoms with Crippen molar-refractivity contribution < 1.29 is 14.3 Å². The molecule has 0 saturated carbocycles. The first-order valence-electron chi connectivity index (χ1n) is 8.19. The van der Waals surface area contributed by atoms with Gasteiger partial charge in [-0.25, -0.2) is 5.90 Å². The van der Waals surface area contributed by atoms with Crippen molar-refractivity contribution in [1.29, 1.82) is 0 Å². The molecule has 0 spiro atoms. The molecule has 0 amide bonds. The highest BCUT2D eigenvalue weighted by Gasteiger charge is 2.27. The van der Waals surface area contributed by atoms with Gasteiger partial charge in [-0.1, -0.05) is 48.0 Å². The zero-order chi connectivity index (χ0) is 17.2. The van der Waals surface area contributed by atoms with Gasteiger partial charge in [-0.05, 0) is 30.7 Å². The lowest BCUT2D eigenvalue weighted by Gasteiger charge is -2.26. The number of hydrogen-bond acceptors (Lipinski definition) is 4. The van der Waals surface area contributed by atoms with E-state index in [1.54, 1.807) is 0 Å². The van der Waals surface area contributed by atoms with Gasteiger partial charge >= 0.3 is 0 Å². The molecule has 0 bridgehead atoms. The Morgan fingerprint density at radius 1 is 0.920 bits per heavy atom. The highest BCUT2D eigenvalue weighted by atomic mass is 16.6. The van der Waals surface area contributed by atoms with Crippen LogP contribution in [-0.4, -0.2) is 0 Å². The van der Waals surface area contributed by atoms with Crippen LogP contribution >= 0.6 is 0 Å². The normalized spacial score (nSPS) is 15.0. The Balaban J connectivity index is 1.57. The molecule has 25 heavy (non-hydrogen) atoms. The van der Waals surface area contributed by atoms with E-state index < -0.39 is 0 Å². The molecule has 126 valence electrons. The summed E-state index contributed by atoms with van der Waals surface area (Å²) in [5, 5.41) is 0. The Bertz CT molecular complexity index is 890. The summed E-state index contributed by atoms with van der Waals surface area (Å²) in [7, 11) is 0. The predicted molar refractivity (Wildman–Crippen MR) is 95.6 cm³/mol. The second-order valence-corrected chi connectivity index (χ2v) is 6.13. The number of fused-ring (bicyclic) bond motifs is 2. The highest BCUT2D eigenvalue weighted by molar-refractivity contribution is 5.54. The van der Waals surface area contributed by atoms with Crippen molar-refractivity contribution in [3.8, 4) is 17.2 Å². The Morgan fingerprint density at radius 3 is 2.48 bits per heavy atom. The van der Waals surface area contributed by atoms with E-state index in [1.807, 2.05) is 42.5 Å². The summed E-state index contributed by atoms with van der Waals surface area (Å²) in [5.41, 5.74) is 4.17. The zero-order valence-electron chi connectivity index (χ0n) is 13.9. The minimum atomic E-state index is -0.342. The van der Waals surface area contributed by atoms with Gasteiger partial charge in [0.1, 0.15) is 30.0 Å². The third-order valence-corrected chi connectivity index (χ3v) is 4.35. The molecule has 1 heterocycles. The zero-order valence-corrected chi connectivity index (χ0v) is 13.9. The number of rotatable bonds is 4. The molecule has 4 nitrogen and oxygen atoms in total. The molecule has 1 atom stereocenters. The molecular weight excluding hydrogens is 314 g/mol. The fourth-order valence-electron chi connectivity index (χ4n) is 2.98. The van der Waals surface area contributed by atoms with Gasteiger partial charge in [-0.2, -0.15) is 0 Å². The first-order valence-corrected chi connectivity index (χ1v) is 8.19. The second kappa shape index (κ2) is 6.59. The van der Waals surface area contributed by atoms with Crippen LogP contribution in [0.4, 0.5) is 0 Å². The van der Waals surface area contributed by atoms with Crippen LogP contribution in [0.5, 0.6) is 17.2 Å². The molecule has 0 radical (unpaired) electrons. The van der Waals surface area contributed by atoms with Gasteiger partial charge in [0, 0.05) is 17.2 Å². The maximum absolute atomic E-state index is 6.00. The van der Waals surface area contributed by atoms with Crippen molar-refractivity contribution in [2.75, 3.05) is 0 Å². The minimum Gasteiger partial charge on any atom is -0.489 e. The van der Waals surface area contributed by atoms with Crippen molar-refractivity contribution in [1.82, 2.24) is 0 Å². The smallest absolute Gasteiger partial charge is 0.137 e. The molecule has 3 aromatic rings. The quantitative estimate of drug-likeness (QED) is 0.706. The third kappa shape index (κ3) is 3.09. The van der Waals surface area contributed by atoms with Gasteiger partial charge in [-0.3, -0.25) is 4.84 Å². The topological polar surface area (TPSA) is 53.7 Å². The summed E-state index contributed by atoms with van der Waals surface area (Å²) in [4.78, 5) is 5.20. The standard InChI is InChI=1S/C21H19NO3/c1-14-6-8-15(9-7-14)13-23-16-10-11-18-20(12-16)24-19-5-3-2-4-17(19)21(18)25-22/h2-12,21H,13,22H2,1H3. The molecule has 4 heteroatoms. The molecule has 4 rings (SSSR count). The van der Waals surface area contributed by atoms with Crippen LogP contribution in [0.3, 0.4) is 0 Å². The minimum absolute atomic E-state index is 0.342. The van der Waals surface area contributed by atoms with E-state index in [0.29, 0.717) is 12.4 Å². The first kappa shape index (κ1) is 15.7. The number of ether oxygens (including phenoxy) is 2. The molecule has 0 aliphatic carbocycles. The van der Waals surface area contributed by atoms with Crippen molar-refractivity contribution in [3.05, 3.63) is 89.0 Å². The monoisotopic (exact) mass is 333 g/mol. The van der Waals surface area contributed by atoms with Gasteiger partial charge in [0.25, 0.3) is 0 Å². The third-order valence-electron chi connectivity index (χ3n) is 4.35. The lowest BCUT2D eigenvalue weighted by Crippen LogP contribution is -2.16. The summed E-state index contributed by atoms with van der Waals surface area (Å²) >= 11 is 0. The first-order chi connectivity index (χ1) is 12.2. The molecule has 1 aliphatic heterocycles. The van der Waals surface area contributed by atoms with Crippen molar-refractivity contribution in [2.45, 2.75) is 19.6 Å². The molecule has 2 N–H and O–H groups in total. The number of nitrogens with two attached hydrogens (primary N) is 1. The Morgan fingerprint density at radius 2 is 1.68 bits per heavy atom. The van der Waals surface area contributed by atoms with Crippen LogP contribution in [0.2, 0.25) is 0 Å². The van der Waals surface area contributed by atoms with Gasteiger partial charge in [0.2, 0.25) is 0 Å². The average molecular weight is 333 g/mol. The summed E-state index contributed by atoms with van der Waals surface area (Å²) < 4.78 is 11.9. The molecule has 1 unspecified atom stereocenters. The van der Waals surface area contributed by atoms with Crippen LogP contribution < -0.4 is 15.4 Å². The number of benzene rings is 3. The molecule has 0 saturated heterocycles. The Labute approximate surface area is 146 Å². The van der Waals surface area contributed by atoms with E-state index in [2.05, 4.69) is 31.2 Å². The Hall–Kier alpha value is -2.82. The van der Waals surface area contributed by atoms with Crippen LogP contribution in [0.1, 0.15) is 28.4 Å². The fraction of sp³-hybridized carbons (Fsp3) is 0.143. The van der Waals surface area contributed by atoms with Crippen LogP contribution in [0, 0.1) is 6.92 Å². The van der Waals surface area contributed by atoms with Crippen molar-refractivity contribution in [2.24, 2.45) is 5.90 Å². The maximum Gasteiger partial charge on any atom is 0.137 e. The van der Waals surface area contributed by atoms with Gasteiger partial charge in [0.05, 0.1) is 0 Å². The van der Waals surface area contributed by atoms with E-state index in [0.717, 1.165) is 28.2 Å². The second-order valence-electron chi connectivity index (χ2n) is 6.13. The molecule has 1 aliphatic rings. The molecule has 0 aromatic heterocycles. The van der Waals surface area contributed by atoms with E-state index >= 15 is 0 Å². The van der Waals surface area contributed by atoms with E-state index in [9.17, 15) is 0 Å². The van der Waals surface area contributed by atoms with E-state index in [-0.39, 0.29) is 6.10 Å². The number of hydrogen-bond donors (Lipinski definition) is 1. The van der Waals surface area contributed by atoms with E-state index in [4.69, 9.17) is 20.2 Å². The van der Waals surface area contributed by atoms with Crippen LogP contribution in [-0.2, 0) is 11.4 Å². The lowest BCUT2D eigenvalue weighted by atomic mass is 9.97. The summed E-state index contributed by atoms with van der Waals surface area (Å²) in [6.07, 6.45) is -0.342. The fourth-order valence-corrected chi connectivity index (χ4v) is 2.98. The SMILES string of the molecule is Cc1ccc(COc2ccc3c(c2)Oc2ccccc2C3ON)cc1. The van der Waals surface area contributed by atoms with E-state index in [1.165, 1.54) is 5.56 Å². The van der Waals surface area contributed by atoms with Crippen molar-refractivity contribution in [3.63, 3.8) is 0 Å². The number of para-hydroxylation sites is 1. The lowest BCUT2D eigenvalue weighted by molar-refractivity contribution is 0.0740. The molecule has 3 aromatic carbocycles. The maximum atomic E-state index is 6.00. The Kier molecular flexibility index (Phi) is 4.14. The summed E-state index contributed by atoms with van der Waals surface area (Å²) in [5.74, 6) is 7.73. The average Bonchev–Trinajstić information content (AvgIpc) is 2.65. The molecule has 0 fully saturated rings. The predicted octanol–water partition coefficient (Wildman–Crippen LogP) is 4.66. The summed E-state index contributed by atoms with van der Waals surface area (Å²) in [6.45, 7) is 2.58. The largest absolute Gasteiger partial charge is 0.489 e.